The summed E-state index contributed by atoms with van der Waals surface area (Å²) in [6, 6.07) is 14.3. The summed E-state index contributed by atoms with van der Waals surface area (Å²) >= 11 is 0. The molecular weight excluding hydrogens is 306 g/mol. The largest absolute Gasteiger partial charge is 0.368 e. The van der Waals surface area contributed by atoms with Gasteiger partial charge in [-0.1, -0.05) is 18.2 Å². The highest BCUT2D eigenvalue weighted by molar-refractivity contribution is 6.39. The van der Waals surface area contributed by atoms with E-state index in [1.165, 1.54) is 0 Å². The molecule has 0 aliphatic heterocycles. The van der Waals surface area contributed by atoms with Gasteiger partial charge in [-0.05, 0) is 29.8 Å². The number of rotatable bonds is 6. The third-order valence-corrected chi connectivity index (χ3v) is 3.08. The van der Waals surface area contributed by atoms with Crippen LogP contribution < -0.4 is 16.0 Å². The molecule has 24 heavy (non-hydrogen) atoms. The maximum Gasteiger partial charge on any atom is 0.313 e. The zero-order valence-electron chi connectivity index (χ0n) is 13.0. The molecule has 1 aromatic heterocycles. The molecule has 2 aromatic rings. The van der Waals surface area contributed by atoms with Gasteiger partial charge in [-0.25, -0.2) is 4.98 Å². The van der Waals surface area contributed by atoms with Crippen molar-refractivity contribution in [3.05, 3.63) is 54.2 Å². The Bertz CT molecular complexity index is 723. The van der Waals surface area contributed by atoms with Gasteiger partial charge in [-0.3, -0.25) is 9.59 Å². The highest BCUT2D eigenvalue weighted by Crippen LogP contribution is 2.09. The number of nitrogens with one attached hydrogen (secondary N) is 3. The molecule has 0 aliphatic carbocycles. The molecule has 0 bridgehead atoms. The van der Waals surface area contributed by atoms with Crippen LogP contribution in [-0.4, -0.2) is 29.9 Å². The lowest BCUT2D eigenvalue weighted by Crippen LogP contribution is -2.37. The average Bonchev–Trinajstić information content (AvgIpc) is 2.61. The molecule has 1 heterocycles. The fourth-order valence-electron chi connectivity index (χ4n) is 1.90. The summed E-state index contributed by atoms with van der Waals surface area (Å²) in [7, 11) is 0. The minimum Gasteiger partial charge on any atom is -0.368 e. The molecule has 0 spiro atoms. The average molecular weight is 323 g/mol. The zero-order chi connectivity index (χ0) is 17.2. The fourth-order valence-corrected chi connectivity index (χ4v) is 1.90. The van der Waals surface area contributed by atoms with Crippen molar-refractivity contribution >= 4 is 23.3 Å². The number of carbonyl (C=O) groups excluding carboxylic acids is 2. The molecule has 2 amide bonds. The molecule has 0 saturated heterocycles. The Morgan fingerprint density at radius 1 is 1.04 bits per heavy atom. The van der Waals surface area contributed by atoms with Gasteiger partial charge in [0.1, 0.15) is 5.82 Å². The van der Waals surface area contributed by atoms with Crippen LogP contribution in [0.25, 0.3) is 0 Å². The van der Waals surface area contributed by atoms with E-state index in [0.29, 0.717) is 31.0 Å². The highest BCUT2D eigenvalue weighted by Gasteiger charge is 2.12. The van der Waals surface area contributed by atoms with E-state index in [1.54, 1.807) is 30.5 Å². The Labute approximate surface area is 139 Å². The number of carbonyl (C=O) groups is 2. The molecule has 122 valence electrons. The molecule has 2 rings (SSSR count). The summed E-state index contributed by atoms with van der Waals surface area (Å²) < 4.78 is 0. The van der Waals surface area contributed by atoms with Gasteiger partial charge in [0.2, 0.25) is 0 Å². The minimum atomic E-state index is -0.735. The van der Waals surface area contributed by atoms with Crippen LogP contribution in [0, 0.1) is 11.3 Å². The Kier molecular flexibility index (Phi) is 6.29. The summed E-state index contributed by atoms with van der Waals surface area (Å²) in [5.41, 5.74) is 1.35. The first-order valence-electron chi connectivity index (χ1n) is 7.39. The SMILES string of the molecule is N#CCc1ccc(NC(=O)C(=O)NCCNc2ccccn2)cc1. The molecule has 0 radical (unpaired) electrons. The molecule has 7 heteroatoms. The lowest BCUT2D eigenvalue weighted by atomic mass is 10.1. The van der Waals surface area contributed by atoms with Crippen LogP contribution >= 0.6 is 0 Å². The second-order valence-corrected chi connectivity index (χ2v) is 4.88. The third-order valence-electron chi connectivity index (χ3n) is 3.08. The van der Waals surface area contributed by atoms with E-state index in [9.17, 15) is 9.59 Å². The number of amides is 2. The standard InChI is InChI=1S/C17H17N5O2/c18-9-8-13-4-6-14(7-5-13)22-17(24)16(23)21-12-11-20-15-3-1-2-10-19-15/h1-7,10H,8,11-12H2,(H,19,20)(H,21,23)(H,22,24). The van der Waals surface area contributed by atoms with Gasteiger partial charge < -0.3 is 16.0 Å². The number of benzene rings is 1. The third kappa shape index (κ3) is 5.42. The Morgan fingerprint density at radius 3 is 2.50 bits per heavy atom. The first-order chi connectivity index (χ1) is 11.7. The maximum absolute atomic E-state index is 11.8. The van der Waals surface area contributed by atoms with E-state index < -0.39 is 11.8 Å². The van der Waals surface area contributed by atoms with Crippen LogP contribution in [0.1, 0.15) is 5.56 Å². The van der Waals surface area contributed by atoms with E-state index in [4.69, 9.17) is 5.26 Å². The molecule has 0 unspecified atom stereocenters. The number of anilines is 2. The molecule has 3 N–H and O–H groups in total. The van der Waals surface area contributed by atoms with Crippen LogP contribution in [0.4, 0.5) is 11.5 Å². The van der Waals surface area contributed by atoms with Gasteiger partial charge in [-0.2, -0.15) is 5.26 Å². The second kappa shape index (κ2) is 8.90. The van der Waals surface area contributed by atoms with Gasteiger partial charge in [0.25, 0.3) is 0 Å². The second-order valence-electron chi connectivity index (χ2n) is 4.88. The van der Waals surface area contributed by atoms with Gasteiger partial charge in [0.05, 0.1) is 12.5 Å². The van der Waals surface area contributed by atoms with Crippen molar-refractivity contribution in [3.63, 3.8) is 0 Å². The van der Waals surface area contributed by atoms with Crippen LogP contribution in [-0.2, 0) is 16.0 Å². The molecule has 0 aliphatic rings. The summed E-state index contributed by atoms with van der Waals surface area (Å²) in [6.45, 7) is 0.753. The molecule has 0 atom stereocenters. The first-order valence-corrected chi connectivity index (χ1v) is 7.39. The van der Waals surface area contributed by atoms with E-state index >= 15 is 0 Å². The monoisotopic (exact) mass is 323 g/mol. The van der Waals surface area contributed by atoms with Crippen molar-refractivity contribution in [2.75, 3.05) is 23.7 Å². The molecule has 0 fully saturated rings. The van der Waals surface area contributed by atoms with Crippen molar-refractivity contribution in [1.29, 1.82) is 5.26 Å². The Balaban J connectivity index is 1.72. The van der Waals surface area contributed by atoms with Crippen molar-refractivity contribution < 1.29 is 9.59 Å². The quantitative estimate of drug-likeness (QED) is 0.549. The van der Waals surface area contributed by atoms with Gasteiger partial charge in [-0.15, -0.1) is 0 Å². The smallest absolute Gasteiger partial charge is 0.313 e. The maximum atomic E-state index is 11.8. The van der Waals surface area contributed by atoms with Crippen LogP contribution in [0.15, 0.2) is 48.7 Å². The molecule has 1 aromatic carbocycles. The summed E-state index contributed by atoms with van der Waals surface area (Å²) in [6.07, 6.45) is 1.97. The number of hydrogen-bond acceptors (Lipinski definition) is 5. The number of nitrogens with zero attached hydrogens (tertiary/aromatic N) is 2. The minimum absolute atomic E-state index is 0.296. The van der Waals surface area contributed by atoms with Crippen LogP contribution in [0.5, 0.6) is 0 Å². The number of hydrogen-bond donors (Lipinski definition) is 3. The van der Waals surface area contributed by atoms with E-state index in [1.807, 2.05) is 24.3 Å². The van der Waals surface area contributed by atoms with Gasteiger partial charge >= 0.3 is 11.8 Å². The zero-order valence-corrected chi connectivity index (χ0v) is 13.0. The van der Waals surface area contributed by atoms with Crippen molar-refractivity contribution in [1.82, 2.24) is 10.3 Å². The number of pyridine rings is 1. The van der Waals surface area contributed by atoms with Gasteiger partial charge in [0.15, 0.2) is 0 Å². The van der Waals surface area contributed by atoms with E-state index in [-0.39, 0.29) is 0 Å². The van der Waals surface area contributed by atoms with E-state index in [2.05, 4.69) is 20.9 Å². The predicted molar refractivity (Wildman–Crippen MR) is 90.1 cm³/mol. The Hall–Kier alpha value is -3.40. The van der Waals surface area contributed by atoms with Crippen LogP contribution in [0.3, 0.4) is 0 Å². The van der Waals surface area contributed by atoms with Crippen molar-refractivity contribution in [2.24, 2.45) is 0 Å². The topological polar surface area (TPSA) is 107 Å². The molecular formula is C17H17N5O2. The number of nitriles is 1. The summed E-state index contributed by atoms with van der Waals surface area (Å²) in [5.74, 6) is -0.742. The fraction of sp³-hybridized carbons (Fsp3) is 0.176. The lowest BCUT2D eigenvalue weighted by Gasteiger charge is -2.08. The summed E-state index contributed by atoms with van der Waals surface area (Å²) in [4.78, 5) is 27.6. The van der Waals surface area contributed by atoms with Gasteiger partial charge in [0, 0.05) is 25.0 Å². The van der Waals surface area contributed by atoms with Crippen LogP contribution in [0.2, 0.25) is 0 Å². The van der Waals surface area contributed by atoms with Crippen molar-refractivity contribution in [3.8, 4) is 6.07 Å². The normalized spacial score (nSPS) is 9.62. The predicted octanol–water partition coefficient (Wildman–Crippen LogP) is 1.31. The Morgan fingerprint density at radius 2 is 1.83 bits per heavy atom. The lowest BCUT2D eigenvalue weighted by molar-refractivity contribution is -0.136. The molecule has 0 saturated carbocycles. The van der Waals surface area contributed by atoms with E-state index in [0.717, 1.165) is 5.56 Å². The van der Waals surface area contributed by atoms with Crippen molar-refractivity contribution in [2.45, 2.75) is 6.42 Å². The molecule has 7 nitrogen and oxygen atoms in total. The number of aromatic nitrogens is 1. The highest BCUT2D eigenvalue weighted by atomic mass is 16.2. The summed E-state index contributed by atoms with van der Waals surface area (Å²) in [5, 5.41) is 16.6. The first kappa shape index (κ1) is 17.0.